The molecule has 0 radical (unpaired) electrons. The smallest absolute Gasteiger partial charge is 0.115 e. The van der Waals surface area contributed by atoms with Crippen LogP contribution in [0.5, 0.6) is 5.75 Å². The third-order valence-electron chi connectivity index (χ3n) is 3.57. The lowest BCUT2D eigenvalue weighted by Crippen LogP contribution is -2.23. The second kappa shape index (κ2) is 5.81. The van der Waals surface area contributed by atoms with Gasteiger partial charge in [-0.2, -0.15) is 0 Å². The maximum Gasteiger partial charge on any atom is 0.115 e. The molecule has 2 aromatic rings. The average Bonchev–Trinajstić information content (AvgIpc) is 2.79. The van der Waals surface area contributed by atoms with Crippen molar-refractivity contribution in [2.75, 3.05) is 0 Å². The summed E-state index contributed by atoms with van der Waals surface area (Å²) in [5.41, 5.74) is 2.72. The molecule has 0 amide bonds. The van der Waals surface area contributed by atoms with Crippen molar-refractivity contribution >= 4 is 33.9 Å². The van der Waals surface area contributed by atoms with Crippen molar-refractivity contribution in [1.29, 1.82) is 0 Å². The Bertz CT molecular complexity index is 564. The van der Waals surface area contributed by atoms with Crippen LogP contribution in [0.15, 0.2) is 30.3 Å². The molecule has 1 aromatic heterocycles. The van der Waals surface area contributed by atoms with Crippen LogP contribution in [0.2, 0.25) is 0 Å². The first kappa shape index (κ1) is 13.4. The van der Waals surface area contributed by atoms with Gasteiger partial charge >= 0.3 is 0 Å². The number of rotatable bonds is 3. The highest BCUT2D eigenvalue weighted by atomic mass is 127. The SMILES string of the molecule is Oc1ccc(CNC2CCCc3sc(I)cc32)cc1. The van der Waals surface area contributed by atoms with Crippen LogP contribution < -0.4 is 5.32 Å². The molecule has 1 heterocycles. The van der Waals surface area contributed by atoms with Gasteiger partial charge in [0.1, 0.15) is 5.75 Å². The fourth-order valence-electron chi connectivity index (χ4n) is 2.59. The zero-order chi connectivity index (χ0) is 13.2. The first-order valence-electron chi connectivity index (χ1n) is 6.52. The Balaban J connectivity index is 1.69. The summed E-state index contributed by atoms with van der Waals surface area (Å²) in [7, 11) is 0. The molecule has 0 bridgehead atoms. The van der Waals surface area contributed by atoms with Crippen molar-refractivity contribution in [1.82, 2.24) is 5.32 Å². The van der Waals surface area contributed by atoms with Crippen molar-refractivity contribution in [2.24, 2.45) is 0 Å². The molecule has 0 fully saturated rings. The first-order valence-corrected chi connectivity index (χ1v) is 8.41. The van der Waals surface area contributed by atoms with Gasteiger partial charge in [-0.3, -0.25) is 0 Å². The van der Waals surface area contributed by atoms with Crippen LogP contribution in [0.3, 0.4) is 0 Å². The Labute approximate surface area is 131 Å². The van der Waals surface area contributed by atoms with Gasteiger partial charge < -0.3 is 10.4 Å². The van der Waals surface area contributed by atoms with E-state index in [1.165, 1.54) is 33.3 Å². The molecule has 2 nitrogen and oxygen atoms in total. The van der Waals surface area contributed by atoms with E-state index in [0.717, 1.165) is 6.54 Å². The Morgan fingerprint density at radius 1 is 1.32 bits per heavy atom. The molecule has 4 heteroatoms. The van der Waals surface area contributed by atoms with E-state index in [9.17, 15) is 5.11 Å². The van der Waals surface area contributed by atoms with Gasteiger partial charge in [0, 0.05) is 17.5 Å². The van der Waals surface area contributed by atoms with E-state index in [4.69, 9.17) is 0 Å². The second-order valence-corrected chi connectivity index (χ2v) is 7.95. The number of aromatic hydroxyl groups is 1. The lowest BCUT2D eigenvalue weighted by atomic mass is 9.94. The summed E-state index contributed by atoms with van der Waals surface area (Å²) in [5, 5.41) is 12.9. The minimum atomic E-state index is 0.330. The molecule has 1 aliphatic carbocycles. The van der Waals surface area contributed by atoms with Gasteiger partial charge in [0.15, 0.2) is 0 Å². The lowest BCUT2D eigenvalue weighted by Gasteiger charge is -2.23. The van der Waals surface area contributed by atoms with Crippen LogP contribution in [0.1, 0.15) is 34.9 Å². The molecule has 1 aliphatic rings. The number of hydrogen-bond acceptors (Lipinski definition) is 3. The molecule has 0 saturated heterocycles. The number of halogens is 1. The van der Waals surface area contributed by atoms with Gasteiger partial charge in [-0.25, -0.2) is 0 Å². The summed E-state index contributed by atoms with van der Waals surface area (Å²) in [5.74, 6) is 0.330. The van der Waals surface area contributed by atoms with E-state index in [1.54, 1.807) is 17.0 Å². The number of phenols is 1. The summed E-state index contributed by atoms with van der Waals surface area (Å²) in [4.78, 5) is 1.55. The van der Waals surface area contributed by atoms with Crippen molar-refractivity contribution in [3.63, 3.8) is 0 Å². The molecule has 100 valence electrons. The normalized spacial score (nSPS) is 18.3. The minimum absolute atomic E-state index is 0.330. The highest BCUT2D eigenvalue weighted by molar-refractivity contribution is 14.1. The Morgan fingerprint density at radius 3 is 2.89 bits per heavy atom. The summed E-state index contributed by atoms with van der Waals surface area (Å²) >= 11 is 4.35. The summed E-state index contributed by atoms with van der Waals surface area (Å²) in [6.45, 7) is 0.858. The fourth-order valence-corrected chi connectivity index (χ4v) is 4.71. The lowest BCUT2D eigenvalue weighted by molar-refractivity contribution is 0.461. The third kappa shape index (κ3) is 3.12. The number of phenolic OH excluding ortho intramolecular Hbond substituents is 1. The average molecular weight is 385 g/mol. The first-order chi connectivity index (χ1) is 9.22. The van der Waals surface area contributed by atoms with Crippen LogP contribution in [-0.2, 0) is 13.0 Å². The van der Waals surface area contributed by atoms with Crippen LogP contribution in [-0.4, -0.2) is 5.11 Å². The summed E-state index contributed by atoms with van der Waals surface area (Å²) in [6.07, 6.45) is 3.73. The minimum Gasteiger partial charge on any atom is -0.508 e. The van der Waals surface area contributed by atoms with Crippen LogP contribution in [0, 0.1) is 2.88 Å². The van der Waals surface area contributed by atoms with Crippen LogP contribution in [0.4, 0.5) is 0 Å². The molecule has 0 spiro atoms. The quantitative estimate of drug-likeness (QED) is 0.776. The monoisotopic (exact) mass is 385 g/mol. The molecule has 19 heavy (non-hydrogen) atoms. The van der Waals surface area contributed by atoms with Gasteiger partial charge in [-0.1, -0.05) is 12.1 Å². The zero-order valence-electron chi connectivity index (χ0n) is 10.5. The van der Waals surface area contributed by atoms with Crippen molar-refractivity contribution in [2.45, 2.75) is 31.8 Å². The largest absolute Gasteiger partial charge is 0.508 e. The van der Waals surface area contributed by atoms with Gasteiger partial charge in [-0.05, 0) is 71.2 Å². The molecule has 0 saturated carbocycles. The van der Waals surface area contributed by atoms with Crippen molar-refractivity contribution < 1.29 is 5.11 Å². The number of benzene rings is 1. The van der Waals surface area contributed by atoms with Crippen LogP contribution >= 0.6 is 33.9 Å². The molecular formula is C15H16INOS. The Kier molecular flexibility index (Phi) is 4.10. The Hall–Kier alpha value is -0.590. The highest BCUT2D eigenvalue weighted by Crippen LogP contribution is 2.36. The third-order valence-corrected chi connectivity index (χ3v) is 5.54. The molecule has 1 unspecified atom stereocenters. The van der Waals surface area contributed by atoms with Crippen LogP contribution in [0.25, 0.3) is 0 Å². The van der Waals surface area contributed by atoms with E-state index in [2.05, 4.69) is 34.0 Å². The summed E-state index contributed by atoms with van der Waals surface area (Å²) < 4.78 is 1.39. The Morgan fingerprint density at radius 2 is 2.11 bits per heavy atom. The highest BCUT2D eigenvalue weighted by Gasteiger charge is 2.21. The number of hydrogen-bond donors (Lipinski definition) is 2. The molecule has 0 aliphatic heterocycles. The predicted molar refractivity (Wildman–Crippen MR) is 87.7 cm³/mol. The number of aryl methyl sites for hydroxylation is 1. The molecule has 1 atom stereocenters. The molecule has 3 rings (SSSR count). The van der Waals surface area contributed by atoms with Gasteiger partial charge in [-0.15, -0.1) is 11.3 Å². The molecule has 1 aromatic carbocycles. The summed E-state index contributed by atoms with van der Waals surface area (Å²) in [6, 6.07) is 10.3. The van der Waals surface area contributed by atoms with Gasteiger partial charge in [0.05, 0.1) is 2.88 Å². The van der Waals surface area contributed by atoms with Crippen molar-refractivity contribution in [3.8, 4) is 5.75 Å². The van der Waals surface area contributed by atoms with Gasteiger partial charge in [0.2, 0.25) is 0 Å². The van der Waals surface area contributed by atoms with E-state index < -0.39 is 0 Å². The second-order valence-electron chi connectivity index (χ2n) is 4.92. The number of thiophene rings is 1. The van der Waals surface area contributed by atoms with E-state index in [1.807, 2.05) is 23.5 Å². The van der Waals surface area contributed by atoms with Gasteiger partial charge in [0.25, 0.3) is 0 Å². The van der Waals surface area contributed by atoms with E-state index >= 15 is 0 Å². The zero-order valence-corrected chi connectivity index (χ0v) is 13.5. The van der Waals surface area contributed by atoms with Crippen molar-refractivity contribution in [3.05, 3.63) is 49.2 Å². The fraction of sp³-hybridized carbons (Fsp3) is 0.333. The maximum atomic E-state index is 9.29. The number of nitrogens with one attached hydrogen (secondary N) is 1. The molecular weight excluding hydrogens is 369 g/mol. The van der Waals surface area contributed by atoms with E-state index in [-0.39, 0.29) is 0 Å². The maximum absolute atomic E-state index is 9.29. The number of fused-ring (bicyclic) bond motifs is 1. The topological polar surface area (TPSA) is 32.3 Å². The predicted octanol–water partition coefficient (Wildman–Crippen LogP) is 4.23. The van der Waals surface area contributed by atoms with E-state index in [0.29, 0.717) is 11.8 Å². The standard InChI is InChI=1S/C15H16INOS/c16-15-8-12-13(2-1-3-14(12)19-15)17-9-10-4-6-11(18)7-5-10/h4-8,13,17-18H,1-3,9H2. The molecule has 2 N–H and O–H groups in total.